The van der Waals surface area contributed by atoms with E-state index in [9.17, 15) is 9.59 Å². The summed E-state index contributed by atoms with van der Waals surface area (Å²) in [5.74, 6) is 0.722. The second kappa shape index (κ2) is 12.1. The van der Waals surface area contributed by atoms with Crippen LogP contribution in [-0.2, 0) is 16.1 Å². The van der Waals surface area contributed by atoms with Gasteiger partial charge in [0.25, 0.3) is 0 Å². The van der Waals surface area contributed by atoms with Gasteiger partial charge in [0.15, 0.2) is 0 Å². The Morgan fingerprint density at radius 3 is 2.32 bits per heavy atom. The summed E-state index contributed by atoms with van der Waals surface area (Å²) in [6, 6.07) is 19.2. The average molecular weight is 423 g/mol. The highest BCUT2D eigenvalue weighted by molar-refractivity contribution is 5.87. The Bertz CT molecular complexity index is 804. The van der Waals surface area contributed by atoms with Crippen molar-refractivity contribution in [3.05, 3.63) is 66.2 Å². The maximum absolute atomic E-state index is 13.1. The number of carbonyl (C=O) groups is 2. The van der Waals surface area contributed by atoms with Gasteiger partial charge in [-0.05, 0) is 43.9 Å². The van der Waals surface area contributed by atoms with Gasteiger partial charge in [0, 0.05) is 19.0 Å². The fraction of sp³-hybridized carbons (Fsp3) is 0.462. The van der Waals surface area contributed by atoms with E-state index in [1.807, 2.05) is 67.6 Å². The summed E-state index contributed by atoms with van der Waals surface area (Å²) in [5, 5.41) is 3.17. The standard InChI is InChI=1S/C26H34N2O3/c1-21(26(30)27-23-14-7-3-8-15-23)28(20-22-12-5-2-6-13-22)25(29)18-11-19-31-24-16-9-4-10-17-24/h2,4-6,9-10,12-13,16-17,21,23H,3,7-8,11,14-15,18-20H2,1H3,(H,27,30)/t21-/m1/s1. The molecule has 0 radical (unpaired) electrons. The van der Waals surface area contributed by atoms with E-state index in [-0.39, 0.29) is 17.9 Å². The number of hydrogen-bond acceptors (Lipinski definition) is 3. The number of benzene rings is 2. The van der Waals surface area contributed by atoms with Crippen molar-refractivity contribution in [1.82, 2.24) is 10.2 Å². The Labute approximate surface area is 185 Å². The van der Waals surface area contributed by atoms with E-state index in [4.69, 9.17) is 4.74 Å². The van der Waals surface area contributed by atoms with E-state index < -0.39 is 6.04 Å². The Morgan fingerprint density at radius 2 is 1.65 bits per heavy atom. The number of carbonyl (C=O) groups excluding carboxylic acids is 2. The molecule has 166 valence electrons. The topological polar surface area (TPSA) is 58.6 Å². The van der Waals surface area contributed by atoms with Crippen molar-refractivity contribution in [1.29, 1.82) is 0 Å². The SMILES string of the molecule is C[C@H](C(=O)NC1CCCCC1)N(Cc1ccccc1)C(=O)CCCOc1ccccc1. The molecular formula is C26H34N2O3. The molecular weight excluding hydrogens is 388 g/mol. The van der Waals surface area contributed by atoms with E-state index in [0.717, 1.165) is 37.0 Å². The van der Waals surface area contributed by atoms with Crippen molar-refractivity contribution >= 4 is 11.8 Å². The molecule has 1 aliphatic rings. The summed E-state index contributed by atoms with van der Waals surface area (Å²) in [6.07, 6.45) is 6.58. The number of para-hydroxylation sites is 1. The van der Waals surface area contributed by atoms with Crippen LogP contribution in [0.5, 0.6) is 5.75 Å². The Hall–Kier alpha value is -2.82. The van der Waals surface area contributed by atoms with Gasteiger partial charge in [0.2, 0.25) is 11.8 Å². The van der Waals surface area contributed by atoms with Crippen LogP contribution in [0.4, 0.5) is 0 Å². The third-order valence-electron chi connectivity index (χ3n) is 5.86. The van der Waals surface area contributed by atoms with Crippen molar-refractivity contribution in [2.24, 2.45) is 0 Å². The van der Waals surface area contributed by atoms with E-state index in [0.29, 0.717) is 26.0 Å². The second-order valence-electron chi connectivity index (χ2n) is 8.29. The summed E-state index contributed by atoms with van der Waals surface area (Å²) < 4.78 is 5.71. The van der Waals surface area contributed by atoms with Gasteiger partial charge >= 0.3 is 0 Å². The van der Waals surface area contributed by atoms with Crippen LogP contribution in [0.25, 0.3) is 0 Å². The number of amides is 2. The lowest BCUT2D eigenvalue weighted by molar-refractivity contribution is -0.141. The molecule has 2 aromatic rings. The number of nitrogens with one attached hydrogen (secondary N) is 1. The zero-order valence-corrected chi connectivity index (χ0v) is 18.5. The third-order valence-corrected chi connectivity index (χ3v) is 5.86. The summed E-state index contributed by atoms with van der Waals surface area (Å²) in [4.78, 5) is 27.7. The molecule has 5 heteroatoms. The zero-order valence-electron chi connectivity index (χ0n) is 18.5. The van der Waals surface area contributed by atoms with Crippen molar-refractivity contribution in [2.75, 3.05) is 6.61 Å². The lowest BCUT2D eigenvalue weighted by atomic mass is 9.95. The molecule has 0 aromatic heterocycles. The summed E-state index contributed by atoms with van der Waals surface area (Å²) >= 11 is 0. The molecule has 0 bridgehead atoms. The van der Waals surface area contributed by atoms with Gasteiger partial charge in [-0.1, -0.05) is 67.8 Å². The Morgan fingerprint density at radius 1 is 1.00 bits per heavy atom. The molecule has 5 nitrogen and oxygen atoms in total. The molecule has 1 atom stereocenters. The van der Waals surface area contributed by atoms with Gasteiger partial charge in [-0.2, -0.15) is 0 Å². The van der Waals surface area contributed by atoms with Crippen molar-refractivity contribution in [2.45, 2.75) is 70.5 Å². The molecule has 2 amide bonds. The van der Waals surface area contributed by atoms with Gasteiger partial charge in [-0.25, -0.2) is 0 Å². The molecule has 3 rings (SSSR count). The molecule has 0 spiro atoms. The number of ether oxygens (including phenoxy) is 1. The van der Waals surface area contributed by atoms with Gasteiger partial charge in [-0.3, -0.25) is 9.59 Å². The van der Waals surface area contributed by atoms with Crippen LogP contribution >= 0.6 is 0 Å². The highest BCUT2D eigenvalue weighted by Gasteiger charge is 2.27. The number of rotatable bonds is 10. The fourth-order valence-corrected chi connectivity index (χ4v) is 4.01. The first-order chi connectivity index (χ1) is 15.1. The van der Waals surface area contributed by atoms with E-state index >= 15 is 0 Å². The quantitative estimate of drug-likeness (QED) is 0.564. The Balaban J connectivity index is 1.57. The first-order valence-electron chi connectivity index (χ1n) is 11.4. The van der Waals surface area contributed by atoms with Crippen molar-refractivity contribution in [3.8, 4) is 5.75 Å². The third kappa shape index (κ3) is 7.42. The first kappa shape index (κ1) is 22.9. The van der Waals surface area contributed by atoms with Crippen molar-refractivity contribution in [3.63, 3.8) is 0 Å². The second-order valence-corrected chi connectivity index (χ2v) is 8.29. The van der Waals surface area contributed by atoms with Gasteiger partial charge < -0.3 is 15.0 Å². The highest BCUT2D eigenvalue weighted by atomic mass is 16.5. The predicted molar refractivity (Wildman–Crippen MR) is 123 cm³/mol. The van der Waals surface area contributed by atoms with Crippen LogP contribution in [0.3, 0.4) is 0 Å². The zero-order chi connectivity index (χ0) is 21.9. The Kier molecular flexibility index (Phi) is 8.95. The monoisotopic (exact) mass is 422 g/mol. The fourth-order valence-electron chi connectivity index (χ4n) is 4.01. The van der Waals surface area contributed by atoms with Crippen LogP contribution in [0, 0.1) is 0 Å². The van der Waals surface area contributed by atoms with Gasteiger partial charge in [-0.15, -0.1) is 0 Å². The molecule has 31 heavy (non-hydrogen) atoms. The highest BCUT2D eigenvalue weighted by Crippen LogP contribution is 2.18. The number of nitrogens with zero attached hydrogens (tertiary/aromatic N) is 1. The van der Waals surface area contributed by atoms with E-state index in [1.165, 1.54) is 6.42 Å². The smallest absolute Gasteiger partial charge is 0.242 e. The maximum atomic E-state index is 13.1. The minimum Gasteiger partial charge on any atom is -0.494 e. The minimum absolute atomic E-state index is 0.0215. The molecule has 0 heterocycles. The molecule has 2 aromatic carbocycles. The van der Waals surface area contributed by atoms with Crippen molar-refractivity contribution < 1.29 is 14.3 Å². The molecule has 1 aliphatic carbocycles. The maximum Gasteiger partial charge on any atom is 0.242 e. The van der Waals surface area contributed by atoms with Crippen LogP contribution in [0.1, 0.15) is 57.4 Å². The summed E-state index contributed by atoms with van der Waals surface area (Å²) in [6.45, 7) is 2.73. The minimum atomic E-state index is -0.510. The van der Waals surface area contributed by atoms with E-state index in [2.05, 4.69) is 5.32 Å². The summed E-state index contributed by atoms with van der Waals surface area (Å²) in [5.41, 5.74) is 1.02. The molecule has 0 saturated heterocycles. The average Bonchev–Trinajstić information content (AvgIpc) is 2.81. The molecule has 1 fully saturated rings. The van der Waals surface area contributed by atoms with Gasteiger partial charge in [0.1, 0.15) is 11.8 Å². The largest absolute Gasteiger partial charge is 0.494 e. The number of hydrogen-bond donors (Lipinski definition) is 1. The van der Waals surface area contributed by atoms with Crippen LogP contribution in [-0.4, -0.2) is 35.4 Å². The molecule has 1 N–H and O–H groups in total. The molecule has 1 saturated carbocycles. The lowest BCUT2D eigenvalue weighted by Gasteiger charge is -2.31. The molecule has 0 unspecified atom stereocenters. The van der Waals surface area contributed by atoms with Crippen LogP contribution in [0.15, 0.2) is 60.7 Å². The predicted octanol–water partition coefficient (Wildman–Crippen LogP) is 4.71. The van der Waals surface area contributed by atoms with E-state index in [1.54, 1.807) is 4.90 Å². The van der Waals surface area contributed by atoms with Crippen LogP contribution < -0.4 is 10.1 Å². The van der Waals surface area contributed by atoms with Gasteiger partial charge in [0.05, 0.1) is 6.61 Å². The normalized spacial score (nSPS) is 15.1. The first-order valence-corrected chi connectivity index (χ1v) is 11.4. The lowest BCUT2D eigenvalue weighted by Crippen LogP contribution is -2.50. The summed E-state index contributed by atoms with van der Waals surface area (Å²) in [7, 11) is 0. The molecule has 0 aliphatic heterocycles. The van der Waals surface area contributed by atoms with Crippen LogP contribution in [0.2, 0.25) is 0 Å².